The van der Waals surface area contributed by atoms with E-state index in [0.717, 1.165) is 18.0 Å². The fourth-order valence-electron chi connectivity index (χ4n) is 1.98. The lowest BCUT2D eigenvalue weighted by atomic mass is 9.82. The van der Waals surface area contributed by atoms with Crippen LogP contribution in [0, 0.1) is 11.7 Å². The molecule has 0 bridgehead atoms. The highest BCUT2D eigenvalue weighted by molar-refractivity contribution is 6.30. The third-order valence-electron chi connectivity index (χ3n) is 2.95. The molecule has 15 heavy (non-hydrogen) atoms. The minimum absolute atomic E-state index is 0.191. The van der Waals surface area contributed by atoms with Crippen molar-refractivity contribution in [2.24, 2.45) is 5.92 Å². The summed E-state index contributed by atoms with van der Waals surface area (Å²) >= 11 is 5.61. The lowest BCUT2D eigenvalue weighted by Crippen LogP contribution is -2.39. The summed E-state index contributed by atoms with van der Waals surface area (Å²) in [6.07, 6.45) is 2.46. The molecule has 82 valence electrons. The van der Waals surface area contributed by atoms with Gasteiger partial charge in [-0.1, -0.05) is 24.6 Å². The Kier molecular flexibility index (Phi) is 3.27. The Hall–Kier alpha value is -0.600. The van der Waals surface area contributed by atoms with Gasteiger partial charge < -0.3 is 5.32 Å². The van der Waals surface area contributed by atoms with Crippen molar-refractivity contribution < 1.29 is 4.39 Å². The maximum Gasteiger partial charge on any atom is 0.142 e. The third kappa shape index (κ3) is 2.70. The summed E-state index contributed by atoms with van der Waals surface area (Å²) in [6, 6.07) is 5.58. The van der Waals surface area contributed by atoms with Crippen LogP contribution in [0.25, 0.3) is 0 Å². The highest BCUT2D eigenvalue weighted by atomic mass is 35.5. The van der Waals surface area contributed by atoms with Crippen molar-refractivity contribution in [3.05, 3.63) is 34.6 Å². The molecule has 1 nitrogen and oxygen atoms in total. The molecule has 1 aromatic carbocycles. The second-order valence-electron chi connectivity index (χ2n) is 4.40. The summed E-state index contributed by atoms with van der Waals surface area (Å²) in [7, 11) is 0. The molecule has 0 unspecified atom stereocenters. The maximum atomic E-state index is 13.1. The number of nitrogens with one attached hydrogen (secondary N) is 1. The molecule has 3 heteroatoms. The van der Waals surface area contributed by atoms with E-state index < -0.39 is 0 Å². The van der Waals surface area contributed by atoms with E-state index in [-0.39, 0.29) is 10.8 Å². The summed E-state index contributed by atoms with van der Waals surface area (Å²) in [5.74, 6) is 0.502. The molecule has 0 heterocycles. The van der Waals surface area contributed by atoms with Crippen LogP contribution in [0.4, 0.5) is 4.39 Å². The molecule has 0 radical (unpaired) electrons. The smallest absolute Gasteiger partial charge is 0.142 e. The fraction of sp³-hybridized carbons (Fsp3) is 0.500. The highest BCUT2D eigenvalue weighted by Gasteiger charge is 2.24. The minimum atomic E-state index is -0.335. The van der Waals surface area contributed by atoms with E-state index in [1.54, 1.807) is 6.07 Å². The monoisotopic (exact) mass is 227 g/mol. The third-order valence-corrected chi connectivity index (χ3v) is 3.26. The lowest BCUT2D eigenvalue weighted by molar-refractivity contribution is 0.240. The summed E-state index contributed by atoms with van der Waals surface area (Å²) < 4.78 is 13.1. The average Bonchev–Trinajstić information content (AvgIpc) is 2.16. The van der Waals surface area contributed by atoms with Crippen molar-refractivity contribution in [2.45, 2.75) is 32.4 Å². The summed E-state index contributed by atoms with van der Waals surface area (Å²) in [5.41, 5.74) is 0.955. The Morgan fingerprint density at radius 1 is 1.47 bits per heavy atom. The first-order chi connectivity index (χ1) is 7.15. The molecule has 0 aromatic heterocycles. The topological polar surface area (TPSA) is 12.0 Å². The first-order valence-corrected chi connectivity index (χ1v) is 5.70. The molecule has 1 saturated carbocycles. The number of halogens is 2. The van der Waals surface area contributed by atoms with Gasteiger partial charge in [-0.15, -0.1) is 0 Å². The number of hydrogen-bond donors (Lipinski definition) is 1. The van der Waals surface area contributed by atoms with Gasteiger partial charge in [0.2, 0.25) is 0 Å². The molecular weight excluding hydrogens is 213 g/mol. The van der Waals surface area contributed by atoms with Crippen LogP contribution < -0.4 is 5.32 Å². The predicted octanol–water partition coefficient (Wildman–Crippen LogP) is 3.37. The van der Waals surface area contributed by atoms with Gasteiger partial charge in [-0.2, -0.15) is 0 Å². The Balaban J connectivity index is 1.86. The van der Waals surface area contributed by atoms with Crippen LogP contribution in [-0.2, 0) is 6.54 Å². The molecule has 1 aromatic rings. The number of benzene rings is 1. The van der Waals surface area contributed by atoms with E-state index in [9.17, 15) is 4.39 Å². The van der Waals surface area contributed by atoms with Gasteiger partial charge in [0.15, 0.2) is 0 Å². The molecule has 0 atom stereocenters. The van der Waals surface area contributed by atoms with Gasteiger partial charge in [-0.25, -0.2) is 4.39 Å². The van der Waals surface area contributed by atoms with E-state index in [1.807, 2.05) is 6.07 Å². The van der Waals surface area contributed by atoms with Crippen molar-refractivity contribution >= 4 is 11.6 Å². The van der Waals surface area contributed by atoms with Gasteiger partial charge in [0, 0.05) is 12.6 Å². The Morgan fingerprint density at radius 2 is 2.20 bits per heavy atom. The van der Waals surface area contributed by atoms with E-state index >= 15 is 0 Å². The van der Waals surface area contributed by atoms with Gasteiger partial charge in [0.05, 0.1) is 5.02 Å². The zero-order valence-corrected chi connectivity index (χ0v) is 9.52. The first kappa shape index (κ1) is 10.9. The zero-order chi connectivity index (χ0) is 10.8. The van der Waals surface area contributed by atoms with Crippen LogP contribution in [0.15, 0.2) is 18.2 Å². The molecule has 2 rings (SSSR count). The molecule has 0 aliphatic heterocycles. The Labute approximate surface area is 94.6 Å². The van der Waals surface area contributed by atoms with Crippen LogP contribution in [0.2, 0.25) is 5.02 Å². The predicted molar refractivity (Wildman–Crippen MR) is 60.4 cm³/mol. The lowest BCUT2D eigenvalue weighted by Gasteiger charge is -2.33. The molecular formula is C12H15ClFN. The van der Waals surface area contributed by atoms with Crippen LogP contribution >= 0.6 is 11.6 Å². The van der Waals surface area contributed by atoms with Crippen molar-refractivity contribution in [3.8, 4) is 0 Å². The second-order valence-corrected chi connectivity index (χ2v) is 4.81. The normalized spacial score (nSPS) is 25.0. The van der Waals surface area contributed by atoms with E-state index in [4.69, 9.17) is 11.6 Å². The maximum absolute atomic E-state index is 13.1. The number of hydrogen-bond acceptors (Lipinski definition) is 1. The van der Waals surface area contributed by atoms with Crippen LogP contribution in [0.1, 0.15) is 25.3 Å². The molecule has 0 saturated heterocycles. The molecule has 1 aliphatic carbocycles. The first-order valence-electron chi connectivity index (χ1n) is 5.32. The second kappa shape index (κ2) is 4.50. The van der Waals surface area contributed by atoms with Crippen LogP contribution in [-0.4, -0.2) is 6.04 Å². The van der Waals surface area contributed by atoms with Crippen molar-refractivity contribution in [2.75, 3.05) is 0 Å². The summed E-state index contributed by atoms with van der Waals surface area (Å²) in [4.78, 5) is 0. The van der Waals surface area contributed by atoms with Gasteiger partial charge >= 0.3 is 0 Å². The van der Waals surface area contributed by atoms with E-state index in [1.165, 1.54) is 18.9 Å². The van der Waals surface area contributed by atoms with E-state index in [0.29, 0.717) is 6.04 Å². The minimum Gasteiger partial charge on any atom is -0.310 e. The molecule has 1 N–H and O–H groups in total. The van der Waals surface area contributed by atoms with Gasteiger partial charge in [-0.3, -0.25) is 0 Å². The van der Waals surface area contributed by atoms with Gasteiger partial charge in [-0.05, 0) is 36.5 Å². The summed E-state index contributed by atoms with van der Waals surface area (Å²) in [5, 5.41) is 3.59. The molecule has 1 aliphatic rings. The van der Waals surface area contributed by atoms with Crippen LogP contribution in [0.5, 0.6) is 0 Å². The summed E-state index contributed by atoms with van der Waals surface area (Å²) in [6.45, 7) is 2.98. The van der Waals surface area contributed by atoms with Crippen molar-refractivity contribution in [1.29, 1.82) is 0 Å². The molecule has 0 amide bonds. The highest BCUT2D eigenvalue weighted by Crippen LogP contribution is 2.26. The molecule has 1 fully saturated rings. The quantitative estimate of drug-likeness (QED) is 0.835. The van der Waals surface area contributed by atoms with Gasteiger partial charge in [0.25, 0.3) is 0 Å². The average molecular weight is 228 g/mol. The van der Waals surface area contributed by atoms with Crippen molar-refractivity contribution in [1.82, 2.24) is 5.32 Å². The standard InChI is InChI=1S/C12H15ClFN/c1-8-4-10(5-8)15-7-9-2-3-11(13)12(14)6-9/h2-3,6,8,10,15H,4-5,7H2,1H3. The van der Waals surface area contributed by atoms with Crippen LogP contribution in [0.3, 0.4) is 0 Å². The van der Waals surface area contributed by atoms with Gasteiger partial charge in [0.1, 0.15) is 5.82 Å². The fourth-order valence-corrected chi connectivity index (χ4v) is 2.10. The zero-order valence-electron chi connectivity index (χ0n) is 8.76. The molecule has 0 spiro atoms. The number of rotatable bonds is 3. The Morgan fingerprint density at radius 3 is 2.80 bits per heavy atom. The largest absolute Gasteiger partial charge is 0.310 e. The van der Waals surface area contributed by atoms with Crippen molar-refractivity contribution in [3.63, 3.8) is 0 Å². The SMILES string of the molecule is CC1CC(NCc2ccc(Cl)c(F)c2)C1. The Bertz CT molecular complexity index is 347. The van der Waals surface area contributed by atoms with E-state index in [2.05, 4.69) is 12.2 Å².